The lowest BCUT2D eigenvalue weighted by Gasteiger charge is -2.33. The Bertz CT molecular complexity index is 2550. The molecular weight excluding hydrogens is 1080 g/mol. The SMILES string of the molecule is CC(=O)CN[C@]1(C)CCCCCCCC/C=C/CCC[C@@](C)(C(=O)N[C@@H](CO)C(=O)N[C@@H](C)C(=O)C(=O)[C@H](C)NN)NC(=O)[C@H](CCC(C)C)CN[C@@H](CCC(N)=O)C(=O)C(=O)C(C)NC(=O)[C@H](Cc2c[nH]c3ccccc23)NCC1=O.CN. The largest absolute Gasteiger partial charge is 0.394 e. The number of benzene rings is 1. The minimum atomic E-state index is -1.71. The number of H-pyrrole nitrogens is 1. The molecule has 0 radical (unpaired) electrons. The Morgan fingerprint density at radius 3 is 2.04 bits per heavy atom. The van der Waals surface area contributed by atoms with Crippen molar-refractivity contribution >= 4 is 75.1 Å². The van der Waals surface area contributed by atoms with E-state index in [-0.39, 0.29) is 69.2 Å². The fourth-order valence-electron chi connectivity index (χ4n) is 9.61. The number of nitrogens with one attached hydrogen (secondary N) is 9. The van der Waals surface area contributed by atoms with E-state index in [2.05, 4.69) is 53.4 Å². The van der Waals surface area contributed by atoms with Gasteiger partial charge in [-0.3, -0.25) is 69.2 Å². The number of amides is 5. The van der Waals surface area contributed by atoms with Crippen LogP contribution in [0.5, 0.6) is 0 Å². The number of rotatable bonds is 20. The highest BCUT2D eigenvalue weighted by molar-refractivity contribution is 6.41. The van der Waals surface area contributed by atoms with Crippen LogP contribution in [0.2, 0.25) is 0 Å². The van der Waals surface area contributed by atoms with E-state index in [4.69, 9.17) is 11.6 Å². The van der Waals surface area contributed by atoms with E-state index in [0.29, 0.717) is 32.1 Å². The molecule has 3 rings (SSSR count). The third-order valence-corrected chi connectivity index (χ3v) is 15.2. The van der Waals surface area contributed by atoms with Crippen molar-refractivity contribution in [3.8, 4) is 0 Å². The Kier molecular flexibility index (Phi) is 33.2. The van der Waals surface area contributed by atoms with Crippen LogP contribution in [-0.2, 0) is 59.2 Å². The first-order valence-corrected chi connectivity index (χ1v) is 29.5. The zero-order valence-corrected chi connectivity index (χ0v) is 51.0. The summed E-state index contributed by atoms with van der Waals surface area (Å²) in [7, 11) is 1.50. The Balaban J connectivity index is 0.0000119. The summed E-state index contributed by atoms with van der Waals surface area (Å²) in [6, 6.07) is -0.403. The molecule has 9 atom stereocenters. The quantitative estimate of drug-likeness (QED) is 0.0385. The number of aromatic amines is 1. The van der Waals surface area contributed by atoms with Crippen LogP contribution in [0.1, 0.15) is 157 Å². The molecule has 0 fully saturated rings. The number of ketones is 6. The normalized spacial score (nSPS) is 24.2. The molecule has 0 spiro atoms. The molecule has 470 valence electrons. The molecule has 24 heteroatoms. The summed E-state index contributed by atoms with van der Waals surface area (Å²) < 4.78 is 0. The number of Topliss-reactive ketones (excluding diaryl/α,β-unsaturated/α-hetero) is 6. The maximum Gasteiger partial charge on any atom is 0.246 e. The number of carbonyl (C=O) groups is 11. The predicted molar refractivity (Wildman–Crippen MR) is 321 cm³/mol. The van der Waals surface area contributed by atoms with Crippen LogP contribution in [0.15, 0.2) is 42.6 Å². The zero-order chi connectivity index (χ0) is 63.2. The first kappa shape index (κ1) is 73.7. The summed E-state index contributed by atoms with van der Waals surface area (Å²) in [5.74, 6) is -3.73. The van der Waals surface area contributed by atoms with Crippen LogP contribution in [-0.4, -0.2) is 155 Å². The fourth-order valence-corrected chi connectivity index (χ4v) is 9.61. The van der Waals surface area contributed by atoms with E-state index < -0.39 is 113 Å². The molecule has 16 N–H and O–H groups in total. The van der Waals surface area contributed by atoms with Crippen molar-refractivity contribution < 1.29 is 57.8 Å². The van der Waals surface area contributed by atoms with Gasteiger partial charge in [0.1, 0.15) is 17.4 Å². The molecular formula is C60H98N12O12. The van der Waals surface area contributed by atoms with Gasteiger partial charge in [0.25, 0.3) is 0 Å². The number of aliphatic hydroxyl groups excluding tert-OH is 1. The van der Waals surface area contributed by atoms with Crippen molar-refractivity contribution in [2.24, 2.45) is 29.1 Å². The summed E-state index contributed by atoms with van der Waals surface area (Å²) in [5, 5.41) is 30.9. The highest BCUT2D eigenvalue weighted by atomic mass is 16.3. The summed E-state index contributed by atoms with van der Waals surface area (Å²) in [5.41, 5.74) is 10.9. The second kappa shape index (κ2) is 37.8. The zero-order valence-electron chi connectivity index (χ0n) is 51.0. The lowest BCUT2D eigenvalue weighted by atomic mass is 9.88. The van der Waals surface area contributed by atoms with Crippen molar-refractivity contribution in [1.82, 2.24) is 47.6 Å². The molecule has 2 aromatic rings. The van der Waals surface area contributed by atoms with Gasteiger partial charge < -0.3 is 48.1 Å². The van der Waals surface area contributed by atoms with Crippen LogP contribution in [0.4, 0.5) is 0 Å². The van der Waals surface area contributed by atoms with Gasteiger partial charge in [-0.15, -0.1) is 0 Å². The molecule has 1 unspecified atom stereocenters. The molecule has 1 aliphatic heterocycles. The number of primary amides is 1. The first-order chi connectivity index (χ1) is 39.8. The second-order valence-corrected chi connectivity index (χ2v) is 22.8. The number of allylic oxidation sites excluding steroid dienone is 2. The van der Waals surface area contributed by atoms with Gasteiger partial charge >= 0.3 is 0 Å². The van der Waals surface area contributed by atoms with E-state index in [1.54, 1.807) is 13.1 Å². The van der Waals surface area contributed by atoms with E-state index in [1.165, 1.54) is 41.7 Å². The number of carbonyl (C=O) groups excluding carboxylic acids is 11. The third kappa shape index (κ3) is 24.7. The smallest absolute Gasteiger partial charge is 0.246 e. The van der Waals surface area contributed by atoms with E-state index >= 15 is 0 Å². The Morgan fingerprint density at radius 1 is 0.774 bits per heavy atom. The van der Waals surface area contributed by atoms with Crippen molar-refractivity contribution in [2.45, 2.75) is 205 Å². The number of nitrogens with two attached hydrogens (primary N) is 3. The minimum absolute atomic E-state index is 0.0334. The number of hydrogen-bond acceptors (Lipinski definition) is 18. The average molecular weight is 1180 g/mol. The van der Waals surface area contributed by atoms with Gasteiger partial charge in [0, 0.05) is 30.1 Å². The van der Waals surface area contributed by atoms with Crippen molar-refractivity contribution in [3.05, 3.63) is 48.2 Å². The maximum atomic E-state index is 14.6. The fraction of sp³-hybridized carbons (Fsp3) is 0.650. The third-order valence-electron chi connectivity index (χ3n) is 15.2. The molecule has 1 aliphatic rings. The van der Waals surface area contributed by atoms with E-state index in [1.807, 2.05) is 50.3 Å². The van der Waals surface area contributed by atoms with Gasteiger partial charge in [0.15, 0.2) is 5.78 Å². The molecule has 5 amide bonds. The Labute approximate surface area is 495 Å². The summed E-state index contributed by atoms with van der Waals surface area (Å²) >= 11 is 0. The van der Waals surface area contributed by atoms with Crippen LogP contribution in [0, 0.1) is 11.8 Å². The van der Waals surface area contributed by atoms with Crippen LogP contribution < -0.4 is 60.0 Å². The molecule has 84 heavy (non-hydrogen) atoms. The van der Waals surface area contributed by atoms with E-state index in [9.17, 15) is 57.8 Å². The molecule has 1 aromatic carbocycles. The molecule has 0 aliphatic carbocycles. The molecule has 0 saturated carbocycles. The lowest BCUT2D eigenvalue weighted by Crippen LogP contribution is -2.63. The minimum Gasteiger partial charge on any atom is -0.394 e. The number of para-hydroxylation sites is 1. The lowest BCUT2D eigenvalue weighted by molar-refractivity contribution is -0.140. The highest BCUT2D eigenvalue weighted by Gasteiger charge is 2.40. The predicted octanol–water partition coefficient (Wildman–Crippen LogP) is 1.38. The maximum absolute atomic E-state index is 14.6. The Hall–Kier alpha value is -6.41. The van der Waals surface area contributed by atoms with Crippen molar-refractivity contribution in [3.63, 3.8) is 0 Å². The van der Waals surface area contributed by atoms with E-state index in [0.717, 1.165) is 55.0 Å². The molecule has 0 bridgehead atoms. The molecule has 2 heterocycles. The Morgan fingerprint density at radius 2 is 1.40 bits per heavy atom. The summed E-state index contributed by atoms with van der Waals surface area (Å²) in [6.45, 7) is 11.1. The van der Waals surface area contributed by atoms with Crippen LogP contribution in [0.25, 0.3) is 10.9 Å². The first-order valence-electron chi connectivity index (χ1n) is 29.5. The number of hydrogen-bond donors (Lipinski definition) is 13. The summed E-state index contributed by atoms with van der Waals surface area (Å²) in [4.78, 5) is 152. The topological polar surface area (TPSA) is 398 Å². The molecule has 24 nitrogen and oxygen atoms in total. The van der Waals surface area contributed by atoms with Gasteiger partial charge in [-0.1, -0.05) is 82.7 Å². The monoisotopic (exact) mass is 1180 g/mol. The van der Waals surface area contributed by atoms with Gasteiger partial charge in [0.2, 0.25) is 52.7 Å². The van der Waals surface area contributed by atoms with Gasteiger partial charge in [-0.25, -0.2) is 5.43 Å². The van der Waals surface area contributed by atoms with Crippen molar-refractivity contribution in [2.75, 3.05) is 33.3 Å². The number of aromatic nitrogens is 1. The van der Waals surface area contributed by atoms with Crippen molar-refractivity contribution in [1.29, 1.82) is 0 Å². The van der Waals surface area contributed by atoms with Crippen LogP contribution in [0.3, 0.4) is 0 Å². The van der Waals surface area contributed by atoms with Crippen LogP contribution >= 0.6 is 0 Å². The number of fused-ring (bicyclic) bond motifs is 1. The second-order valence-electron chi connectivity index (χ2n) is 22.8. The van der Waals surface area contributed by atoms with Gasteiger partial charge in [-0.2, -0.15) is 0 Å². The number of aliphatic hydroxyl groups is 1. The standard InChI is InChI=1S/C59H93N11O12.CH5N/c1-36(2)24-25-41-32-63-45(26-27-49(60)74)53(78)51(76)39(5)66-55(80)46(30-42-33-62-44-23-19-18-22-43(42)44)64-34-48(73)58(7,65-31-37(3)72)28-20-16-14-12-10-9-11-13-15-17-21-29-59(8,69-54(41)79)57(82)68-47(35-71)56(81)67-38(4)50(75)52(77)40(6)70-61;1-2/h13,15,18-19,22-23,33,36,38-41,45-47,62-65,70-71H,9-12,14,16-17,20-21,24-32,34-35,61H2,1-8H3,(H2,60,74)(H,66,80)(H,67,81)(H,68,82)(H,69,79);2H2,1H3/b15-13+;/t38-,39?,40-,41+,45-,46-,47-,58+,59-;/m0./s1. The summed E-state index contributed by atoms with van der Waals surface area (Å²) in [6.07, 6.45) is 13.5. The molecule has 1 aromatic heterocycles. The average Bonchev–Trinajstić information content (AvgIpc) is 3.78. The highest BCUT2D eigenvalue weighted by Crippen LogP contribution is 2.23. The van der Waals surface area contributed by atoms with Gasteiger partial charge in [0.05, 0.1) is 61.4 Å². The van der Waals surface area contributed by atoms with Gasteiger partial charge in [-0.05, 0) is 124 Å². The number of hydrazine groups is 1. The molecule has 0 saturated heterocycles.